The normalized spacial score (nSPS) is 14.4. The Hall–Kier alpha value is -3.36. The molecule has 0 spiro atoms. The van der Waals surface area contributed by atoms with Crippen molar-refractivity contribution in [2.75, 3.05) is 5.32 Å². The molecule has 0 unspecified atom stereocenters. The van der Waals surface area contributed by atoms with Crippen molar-refractivity contribution in [2.45, 2.75) is 5.66 Å². The van der Waals surface area contributed by atoms with Crippen LogP contribution in [0.5, 0.6) is 0 Å². The van der Waals surface area contributed by atoms with Crippen LogP contribution in [0.4, 0.5) is 5.69 Å². The molecule has 4 aromatic carbocycles. The maximum Gasteiger partial charge on any atom is 0.182 e. The van der Waals surface area contributed by atoms with Gasteiger partial charge < -0.3 is 5.32 Å². The Balaban J connectivity index is 1.84. The molecule has 0 aliphatic carbocycles. The van der Waals surface area contributed by atoms with E-state index in [1.54, 1.807) is 0 Å². The molecule has 0 radical (unpaired) electrons. The lowest BCUT2D eigenvalue weighted by atomic mass is 9.87. The zero-order chi connectivity index (χ0) is 19.7. The number of aliphatic imine (C=N–C) groups is 1. The van der Waals surface area contributed by atoms with E-state index in [1.807, 2.05) is 48.5 Å². The van der Waals surface area contributed by atoms with Gasteiger partial charge in [-0.1, -0.05) is 103 Å². The Bertz CT molecular complexity index is 1130. The predicted molar refractivity (Wildman–Crippen MR) is 121 cm³/mol. The van der Waals surface area contributed by atoms with Crippen molar-refractivity contribution in [3.63, 3.8) is 0 Å². The van der Waals surface area contributed by atoms with Gasteiger partial charge in [0, 0.05) is 33.0 Å². The van der Waals surface area contributed by atoms with E-state index < -0.39 is 5.66 Å². The van der Waals surface area contributed by atoms with Crippen LogP contribution in [0.3, 0.4) is 0 Å². The molecule has 4 aromatic rings. The van der Waals surface area contributed by atoms with Crippen LogP contribution in [0, 0.1) is 0 Å². The van der Waals surface area contributed by atoms with Crippen LogP contribution in [-0.2, 0) is 5.66 Å². The molecule has 29 heavy (non-hydrogen) atoms. The third-order valence-electron chi connectivity index (χ3n) is 5.26. The van der Waals surface area contributed by atoms with E-state index in [2.05, 4.69) is 66.0 Å². The molecule has 0 fully saturated rings. The largest absolute Gasteiger partial charge is 0.353 e. The number of rotatable bonds is 3. The number of fused-ring (bicyclic) bond motifs is 1. The molecule has 140 valence electrons. The highest BCUT2D eigenvalue weighted by Gasteiger charge is 2.38. The first-order chi connectivity index (χ1) is 14.3. The zero-order valence-electron chi connectivity index (χ0n) is 15.7. The molecule has 5 rings (SSSR count). The number of nitrogens with zero attached hydrogens (tertiary/aromatic N) is 1. The molecule has 0 bridgehead atoms. The Morgan fingerprint density at radius 2 is 1.21 bits per heavy atom. The molecule has 1 aliphatic heterocycles. The highest BCUT2D eigenvalue weighted by molar-refractivity contribution is 6.31. The summed E-state index contributed by atoms with van der Waals surface area (Å²) in [5.41, 5.74) is 5.44. The molecule has 0 atom stereocenters. The van der Waals surface area contributed by atoms with E-state index in [-0.39, 0.29) is 0 Å². The summed E-state index contributed by atoms with van der Waals surface area (Å²) in [5.74, 6) is 0. The first kappa shape index (κ1) is 17.7. The summed E-state index contributed by atoms with van der Waals surface area (Å²) in [5, 5.41) is 4.42. The standard InChI is InChI=1S/C26H19ClN2/c27-22-16-17-24-23(18-22)25(19-10-4-1-5-11-19)29-26(28-24,20-12-6-2-7-13-20)21-14-8-3-9-15-21/h1-18,28H. The molecule has 1 N–H and O–H groups in total. The summed E-state index contributed by atoms with van der Waals surface area (Å²) in [6.45, 7) is 0. The van der Waals surface area contributed by atoms with Gasteiger partial charge >= 0.3 is 0 Å². The van der Waals surface area contributed by atoms with Crippen molar-refractivity contribution in [2.24, 2.45) is 4.99 Å². The Morgan fingerprint density at radius 3 is 1.79 bits per heavy atom. The third-order valence-corrected chi connectivity index (χ3v) is 5.50. The molecule has 0 saturated carbocycles. The number of halogens is 1. The van der Waals surface area contributed by atoms with Crippen LogP contribution in [0.25, 0.3) is 0 Å². The van der Waals surface area contributed by atoms with Crippen LogP contribution >= 0.6 is 11.6 Å². The van der Waals surface area contributed by atoms with E-state index in [9.17, 15) is 0 Å². The highest BCUT2D eigenvalue weighted by Crippen LogP contribution is 2.41. The van der Waals surface area contributed by atoms with Crippen molar-refractivity contribution in [1.29, 1.82) is 0 Å². The topological polar surface area (TPSA) is 24.4 Å². The molecule has 0 amide bonds. The van der Waals surface area contributed by atoms with E-state index >= 15 is 0 Å². The number of hydrogen-bond donors (Lipinski definition) is 1. The Labute approximate surface area is 175 Å². The lowest BCUT2D eigenvalue weighted by molar-refractivity contribution is 0.620. The maximum absolute atomic E-state index is 6.35. The Kier molecular flexibility index (Phi) is 4.42. The monoisotopic (exact) mass is 394 g/mol. The average molecular weight is 395 g/mol. The van der Waals surface area contributed by atoms with Gasteiger partial charge in [-0.05, 0) is 18.2 Å². The van der Waals surface area contributed by atoms with Crippen LogP contribution in [0.15, 0.2) is 114 Å². The minimum atomic E-state index is -0.728. The van der Waals surface area contributed by atoms with Crippen molar-refractivity contribution in [3.05, 3.63) is 136 Å². The predicted octanol–water partition coefficient (Wildman–Crippen LogP) is 6.50. The van der Waals surface area contributed by atoms with Gasteiger partial charge in [-0.2, -0.15) is 0 Å². The Morgan fingerprint density at radius 1 is 0.655 bits per heavy atom. The summed E-state index contributed by atoms with van der Waals surface area (Å²) >= 11 is 6.35. The minimum absolute atomic E-state index is 0.695. The van der Waals surface area contributed by atoms with Crippen LogP contribution in [-0.4, -0.2) is 5.71 Å². The van der Waals surface area contributed by atoms with E-state index in [0.29, 0.717) is 5.02 Å². The summed E-state index contributed by atoms with van der Waals surface area (Å²) in [6, 6.07) is 37.0. The fourth-order valence-corrected chi connectivity index (χ4v) is 4.06. The van der Waals surface area contributed by atoms with E-state index in [0.717, 1.165) is 33.7 Å². The van der Waals surface area contributed by atoms with Crippen LogP contribution in [0.2, 0.25) is 5.02 Å². The molecule has 2 nitrogen and oxygen atoms in total. The molecule has 0 saturated heterocycles. The van der Waals surface area contributed by atoms with Crippen molar-refractivity contribution in [3.8, 4) is 0 Å². The average Bonchev–Trinajstić information content (AvgIpc) is 2.80. The number of benzene rings is 4. The van der Waals surface area contributed by atoms with Crippen molar-refractivity contribution in [1.82, 2.24) is 0 Å². The number of anilines is 1. The lowest BCUT2D eigenvalue weighted by Crippen LogP contribution is -2.39. The fraction of sp³-hybridized carbons (Fsp3) is 0.0385. The maximum atomic E-state index is 6.35. The second kappa shape index (κ2) is 7.23. The summed E-state index contributed by atoms with van der Waals surface area (Å²) < 4.78 is 0. The first-order valence-corrected chi connectivity index (χ1v) is 9.98. The highest BCUT2D eigenvalue weighted by atomic mass is 35.5. The second-order valence-corrected chi connectivity index (χ2v) is 7.52. The van der Waals surface area contributed by atoms with Crippen molar-refractivity contribution < 1.29 is 0 Å². The van der Waals surface area contributed by atoms with Gasteiger partial charge in [0.15, 0.2) is 5.66 Å². The van der Waals surface area contributed by atoms with E-state index in [4.69, 9.17) is 16.6 Å². The lowest BCUT2D eigenvalue weighted by Gasteiger charge is -2.38. The van der Waals surface area contributed by atoms with Crippen LogP contribution < -0.4 is 5.32 Å². The quantitative estimate of drug-likeness (QED) is 0.421. The number of nitrogens with one attached hydrogen (secondary N) is 1. The third kappa shape index (κ3) is 3.12. The van der Waals surface area contributed by atoms with Crippen molar-refractivity contribution >= 4 is 23.0 Å². The summed E-state index contributed by atoms with van der Waals surface area (Å²) in [6.07, 6.45) is 0. The van der Waals surface area contributed by atoms with Gasteiger partial charge in [0.2, 0.25) is 0 Å². The molecule has 1 aliphatic rings. The van der Waals surface area contributed by atoms with Gasteiger partial charge in [-0.25, -0.2) is 4.99 Å². The minimum Gasteiger partial charge on any atom is -0.353 e. The molecule has 0 aromatic heterocycles. The second-order valence-electron chi connectivity index (χ2n) is 7.08. The van der Waals surface area contributed by atoms with Gasteiger partial charge in [0.05, 0.1) is 5.71 Å². The molecular formula is C26H19ClN2. The van der Waals surface area contributed by atoms with Gasteiger partial charge in [-0.15, -0.1) is 0 Å². The number of hydrogen-bond acceptors (Lipinski definition) is 2. The van der Waals surface area contributed by atoms with E-state index in [1.165, 1.54) is 0 Å². The molecule has 1 heterocycles. The molecular weight excluding hydrogens is 376 g/mol. The van der Waals surface area contributed by atoms with Gasteiger partial charge in [0.1, 0.15) is 0 Å². The fourth-order valence-electron chi connectivity index (χ4n) is 3.89. The smallest absolute Gasteiger partial charge is 0.182 e. The summed E-state index contributed by atoms with van der Waals surface area (Å²) in [7, 11) is 0. The zero-order valence-corrected chi connectivity index (χ0v) is 16.5. The van der Waals surface area contributed by atoms with Gasteiger partial charge in [0.25, 0.3) is 0 Å². The molecule has 3 heteroatoms. The van der Waals surface area contributed by atoms with Crippen LogP contribution in [0.1, 0.15) is 22.3 Å². The van der Waals surface area contributed by atoms with Gasteiger partial charge in [-0.3, -0.25) is 0 Å². The first-order valence-electron chi connectivity index (χ1n) is 9.61. The SMILES string of the molecule is Clc1ccc2c(c1)C(c1ccccc1)=NC(c1ccccc1)(c1ccccc1)N2. The summed E-state index contributed by atoms with van der Waals surface area (Å²) in [4.78, 5) is 5.35.